The Bertz CT molecular complexity index is 455. The van der Waals surface area contributed by atoms with Crippen LogP contribution in [0.2, 0.25) is 0 Å². The summed E-state index contributed by atoms with van der Waals surface area (Å²) in [5.74, 6) is 0.628. The van der Waals surface area contributed by atoms with Gasteiger partial charge in [-0.3, -0.25) is 0 Å². The Labute approximate surface area is 115 Å². The summed E-state index contributed by atoms with van der Waals surface area (Å²) in [4.78, 5) is 2.26. The van der Waals surface area contributed by atoms with Crippen molar-refractivity contribution >= 4 is 21.6 Å². The van der Waals surface area contributed by atoms with E-state index in [2.05, 4.69) is 20.8 Å². The molecular weight excluding hydrogens is 295 g/mol. The van der Waals surface area contributed by atoms with Crippen LogP contribution in [0.4, 0.5) is 10.1 Å². The second-order valence-corrected chi connectivity index (χ2v) is 6.20. The van der Waals surface area contributed by atoms with Crippen molar-refractivity contribution in [3.8, 4) is 0 Å². The van der Waals surface area contributed by atoms with Crippen molar-refractivity contribution in [3.63, 3.8) is 0 Å². The highest BCUT2D eigenvalue weighted by Crippen LogP contribution is 2.40. The van der Waals surface area contributed by atoms with Crippen molar-refractivity contribution in [1.82, 2.24) is 0 Å². The molecule has 0 unspecified atom stereocenters. The summed E-state index contributed by atoms with van der Waals surface area (Å²) in [6, 6.07) is 4.38. The zero-order chi connectivity index (χ0) is 12.7. The standard InChI is InChI=1S/C14H18BrFN2/c15-13-10(7-17)3-6-12(14(13)16)18(11-4-5-11)8-9-1-2-9/h3,6,9,11H,1-2,4-5,7-8,17H2. The Kier molecular flexibility index (Phi) is 3.32. The van der Waals surface area contributed by atoms with E-state index in [4.69, 9.17) is 5.73 Å². The minimum atomic E-state index is -0.148. The van der Waals surface area contributed by atoms with E-state index < -0.39 is 0 Å². The first kappa shape index (κ1) is 12.4. The zero-order valence-electron chi connectivity index (χ0n) is 10.3. The Morgan fingerprint density at radius 1 is 1.28 bits per heavy atom. The van der Waals surface area contributed by atoms with Gasteiger partial charge in [-0.25, -0.2) is 4.39 Å². The summed E-state index contributed by atoms with van der Waals surface area (Å²) in [5, 5.41) is 0. The van der Waals surface area contributed by atoms with Gasteiger partial charge in [0.15, 0.2) is 5.82 Å². The molecule has 0 bridgehead atoms. The molecular formula is C14H18BrFN2. The summed E-state index contributed by atoms with van der Waals surface area (Å²) >= 11 is 3.33. The molecule has 2 saturated carbocycles. The molecule has 2 fully saturated rings. The number of nitrogens with zero attached hydrogens (tertiary/aromatic N) is 1. The maximum absolute atomic E-state index is 14.4. The molecule has 0 radical (unpaired) electrons. The average molecular weight is 313 g/mol. The monoisotopic (exact) mass is 312 g/mol. The summed E-state index contributed by atoms with van der Waals surface area (Å²) in [6.07, 6.45) is 4.99. The average Bonchev–Trinajstić information content (AvgIpc) is 3.24. The van der Waals surface area contributed by atoms with Gasteiger partial charge in [-0.05, 0) is 59.2 Å². The van der Waals surface area contributed by atoms with Gasteiger partial charge in [0, 0.05) is 19.1 Å². The lowest BCUT2D eigenvalue weighted by molar-refractivity contribution is 0.601. The third-order valence-electron chi connectivity index (χ3n) is 3.81. The Morgan fingerprint density at radius 2 is 2.00 bits per heavy atom. The quantitative estimate of drug-likeness (QED) is 0.902. The molecule has 2 nitrogen and oxygen atoms in total. The van der Waals surface area contributed by atoms with E-state index >= 15 is 0 Å². The highest BCUT2D eigenvalue weighted by atomic mass is 79.9. The van der Waals surface area contributed by atoms with Gasteiger partial charge in [0.1, 0.15) is 0 Å². The third-order valence-corrected chi connectivity index (χ3v) is 4.67. The number of hydrogen-bond donors (Lipinski definition) is 1. The molecule has 2 aliphatic rings. The molecule has 0 heterocycles. The van der Waals surface area contributed by atoms with Crippen molar-refractivity contribution in [3.05, 3.63) is 28.0 Å². The van der Waals surface area contributed by atoms with E-state index in [0.717, 1.165) is 23.7 Å². The number of halogens is 2. The van der Waals surface area contributed by atoms with Gasteiger partial charge in [0.2, 0.25) is 0 Å². The van der Waals surface area contributed by atoms with Crippen LogP contribution in [0.1, 0.15) is 31.2 Å². The van der Waals surface area contributed by atoms with Crippen LogP contribution in [0.15, 0.2) is 16.6 Å². The molecule has 1 aromatic rings. The Morgan fingerprint density at radius 3 is 2.56 bits per heavy atom. The second-order valence-electron chi connectivity index (χ2n) is 5.40. The maximum atomic E-state index is 14.4. The van der Waals surface area contributed by atoms with E-state index in [0.29, 0.717) is 17.1 Å². The SMILES string of the molecule is NCc1ccc(N(CC2CC2)C2CC2)c(F)c1Br. The molecule has 1 aromatic carbocycles. The molecule has 18 heavy (non-hydrogen) atoms. The predicted octanol–water partition coefficient (Wildman–Crippen LogP) is 3.43. The lowest BCUT2D eigenvalue weighted by Crippen LogP contribution is -2.29. The minimum absolute atomic E-state index is 0.148. The molecule has 0 spiro atoms. The molecule has 98 valence electrons. The molecule has 0 aliphatic heterocycles. The normalized spacial score (nSPS) is 19.1. The van der Waals surface area contributed by atoms with Crippen molar-refractivity contribution in [1.29, 1.82) is 0 Å². The fourth-order valence-electron chi connectivity index (χ4n) is 2.37. The highest BCUT2D eigenvalue weighted by Gasteiger charge is 2.35. The van der Waals surface area contributed by atoms with Gasteiger partial charge >= 0.3 is 0 Å². The summed E-state index contributed by atoms with van der Waals surface area (Å²) in [6.45, 7) is 1.37. The number of anilines is 1. The minimum Gasteiger partial charge on any atom is -0.366 e. The molecule has 0 amide bonds. The number of hydrogen-bond acceptors (Lipinski definition) is 2. The molecule has 0 saturated heterocycles. The van der Waals surface area contributed by atoms with Crippen molar-refractivity contribution in [2.24, 2.45) is 11.7 Å². The number of rotatable bonds is 5. The van der Waals surface area contributed by atoms with Crippen molar-refractivity contribution in [2.45, 2.75) is 38.3 Å². The van der Waals surface area contributed by atoms with E-state index in [1.54, 1.807) is 0 Å². The van der Waals surface area contributed by atoms with Gasteiger partial charge < -0.3 is 10.6 Å². The van der Waals surface area contributed by atoms with Crippen LogP contribution in [-0.2, 0) is 6.54 Å². The first-order chi connectivity index (χ1) is 8.70. The van der Waals surface area contributed by atoms with Crippen LogP contribution < -0.4 is 10.6 Å². The number of benzene rings is 1. The largest absolute Gasteiger partial charge is 0.366 e. The molecule has 0 atom stereocenters. The first-order valence-electron chi connectivity index (χ1n) is 6.64. The van der Waals surface area contributed by atoms with Crippen LogP contribution in [0.25, 0.3) is 0 Å². The molecule has 0 aromatic heterocycles. The van der Waals surface area contributed by atoms with Crippen LogP contribution in [0.5, 0.6) is 0 Å². The van der Waals surface area contributed by atoms with E-state index in [-0.39, 0.29) is 5.82 Å². The summed E-state index contributed by atoms with van der Waals surface area (Å²) in [5.41, 5.74) is 7.17. The predicted molar refractivity (Wildman–Crippen MR) is 75.1 cm³/mol. The second kappa shape index (κ2) is 4.82. The molecule has 2 aliphatic carbocycles. The lowest BCUT2D eigenvalue weighted by Gasteiger charge is -2.26. The third kappa shape index (κ3) is 2.41. The zero-order valence-corrected chi connectivity index (χ0v) is 11.9. The van der Waals surface area contributed by atoms with Gasteiger partial charge in [-0.1, -0.05) is 6.07 Å². The molecule has 3 rings (SSSR count). The Balaban J connectivity index is 1.90. The van der Waals surface area contributed by atoms with Crippen LogP contribution in [-0.4, -0.2) is 12.6 Å². The van der Waals surface area contributed by atoms with E-state index in [1.807, 2.05) is 12.1 Å². The number of nitrogens with two attached hydrogens (primary N) is 1. The van der Waals surface area contributed by atoms with E-state index in [1.165, 1.54) is 25.7 Å². The Hall–Kier alpha value is -0.610. The highest BCUT2D eigenvalue weighted by molar-refractivity contribution is 9.10. The summed E-state index contributed by atoms with van der Waals surface area (Å²) in [7, 11) is 0. The van der Waals surface area contributed by atoms with Gasteiger partial charge in [-0.15, -0.1) is 0 Å². The molecule has 2 N–H and O–H groups in total. The fourth-order valence-corrected chi connectivity index (χ4v) is 2.86. The lowest BCUT2D eigenvalue weighted by atomic mass is 10.1. The van der Waals surface area contributed by atoms with Crippen LogP contribution >= 0.6 is 15.9 Å². The van der Waals surface area contributed by atoms with E-state index in [9.17, 15) is 4.39 Å². The summed E-state index contributed by atoms with van der Waals surface area (Å²) < 4.78 is 14.9. The first-order valence-corrected chi connectivity index (χ1v) is 7.43. The van der Waals surface area contributed by atoms with Crippen LogP contribution in [0, 0.1) is 11.7 Å². The molecule has 4 heteroatoms. The van der Waals surface area contributed by atoms with Crippen molar-refractivity contribution in [2.75, 3.05) is 11.4 Å². The smallest absolute Gasteiger partial charge is 0.160 e. The van der Waals surface area contributed by atoms with Gasteiger partial charge in [-0.2, -0.15) is 0 Å². The topological polar surface area (TPSA) is 29.3 Å². The van der Waals surface area contributed by atoms with Crippen LogP contribution in [0.3, 0.4) is 0 Å². The fraction of sp³-hybridized carbons (Fsp3) is 0.571. The van der Waals surface area contributed by atoms with Crippen molar-refractivity contribution < 1.29 is 4.39 Å². The van der Waals surface area contributed by atoms with Gasteiger partial charge in [0.05, 0.1) is 10.2 Å². The maximum Gasteiger partial charge on any atom is 0.160 e. The van der Waals surface area contributed by atoms with Gasteiger partial charge in [0.25, 0.3) is 0 Å².